The molecule has 6 heteroatoms. The van der Waals surface area contributed by atoms with E-state index < -0.39 is 0 Å². The van der Waals surface area contributed by atoms with Crippen LogP contribution in [0.2, 0.25) is 0 Å². The smallest absolute Gasteiger partial charge is 1.00 e. The molecule has 0 aliphatic carbocycles. The molecule has 0 saturated carbocycles. The predicted octanol–water partition coefficient (Wildman–Crippen LogP) is -12.3. The van der Waals surface area contributed by atoms with Crippen molar-refractivity contribution in [1.29, 1.82) is 0 Å². The van der Waals surface area contributed by atoms with Gasteiger partial charge in [-0.3, -0.25) is 0 Å². The summed E-state index contributed by atoms with van der Waals surface area (Å²) in [5, 5.41) is 0. The summed E-state index contributed by atoms with van der Waals surface area (Å²) in [6.07, 6.45) is 0. The Kier molecular flexibility index (Phi) is 249. The number of halogens is 1. The Labute approximate surface area is 164 Å². The second-order valence-electron chi connectivity index (χ2n) is 0. The predicted molar refractivity (Wildman–Crippen MR) is 3.87 cm³/mol. The molecule has 2 nitrogen and oxygen atoms in total. The molecule has 0 saturated heterocycles. The third kappa shape index (κ3) is 23.3. The van der Waals surface area contributed by atoms with Crippen molar-refractivity contribution >= 4 is 0 Å². The number of rotatable bonds is 0. The van der Waals surface area contributed by atoms with Crippen LogP contribution < -0.4 is 159 Å². The average molecular weight is 170 g/mol. The Morgan fingerprint density at radius 3 is 0.500 bits per heavy atom. The molecular weight excluding hydrogens is 168 g/mol. The van der Waals surface area contributed by atoms with Gasteiger partial charge in [0.05, 0.1) is 0 Å². The van der Waals surface area contributed by atoms with Gasteiger partial charge in [0.2, 0.25) is 0 Å². The number of hydrogen-bond donors (Lipinski definition) is 0. The second kappa shape index (κ2) is 33.1. The molecule has 0 unspecified atom stereocenters. The first kappa shape index (κ1) is 45.2. The Hall–Kier alpha value is 4.76. The molecule has 0 aromatic rings. The van der Waals surface area contributed by atoms with Crippen molar-refractivity contribution in [2.75, 3.05) is 0 Å². The normalized spacial score (nSPS) is 0. The summed E-state index contributed by atoms with van der Waals surface area (Å²) in [6, 6.07) is 0. The van der Waals surface area contributed by atoms with Gasteiger partial charge in [0, 0.05) is 0 Å². The van der Waals surface area contributed by atoms with Gasteiger partial charge in [0.1, 0.15) is 0 Å². The summed E-state index contributed by atoms with van der Waals surface area (Å²) in [5.74, 6) is 0. The van der Waals surface area contributed by atoms with E-state index in [4.69, 9.17) is 0 Å². The van der Waals surface area contributed by atoms with Gasteiger partial charge in [0.15, 0.2) is 0 Å². The molecule has 0 heterocycles. The summed E-state index contributed by atoms with van der Waals surface area (Å²) < 4.78 is 0. The van der Waals surface area contributed by atoms with Crippen LogP contribution in [0.25, 0.3) is 0 Å². The molecule has 0 amide bonds. The summed E-state index contributed by atoms with van der Waals surface area (Å²) in [5.41, 5.74) is 0. The fourth-order valence-corrected chi connectivity index (χ4v) is 0. The van der Waals surface area contributed by atoms with Gasteiger partial charge in [-0.1, -0.05) is 0 Å². The SMILES string of the molecule is [F-].[K+].[K+].[K+].[OH-].[OH-]. The van der Waals surface area contributed by atoms with Crippen LogP contribution in [-0.4, -0.2) is 11.0 Å². The molecule has 0 aliphatic heterocycles. The maximum Gasteiger partial charge on any atom is 1.00 e. The molecule has 0 atom stereocenters. The van der Waals surface area contributed by atoms with Gasteiger partial charge < -0.3 is 15.7 Å². The van der Waals surface area contributed by atoms with E-state index in [1.165, 1.54) is 0 Å². The molecule has 0 bridgehead atoms. The van der Waals surface area contributed by atoms with E-state index in [9.17, 15) is 0 Å². The monoisotopic (exact) mass is 170 g/mol. The molecule has 0 aromatic carbocycles. The van der Waals surface area contributed by atoms with Crippen molar-refractivity contribution in [3.63, 3.8) is 0 Å². The van der Waals surface area contributed by atoms with Crippen LogP contribution >= 0.6 is 0 Å². The van der Waals surface area contributed by atoms with Gasteiger partial charge in [-0.15, -0.1) is 0 Å². The summed E-state index contributed by atoms with van der Waals surface area (Å²) in [6.45, 7) is 0. The zero-order chi connectivity index (χ0) is 0. The average Bonchev–Trinajstić information content (AvgIpc) is 0. The fourth-order valence-electron chi connectivity index (χ4n) is 0. The van der Waals surface area contributed by atoms with E-state index in [2.05, 4.69) is 0 Å². The minimum absolute atomic E-state index is 0. The van der Waals surface area contributed by atoms with Crippen LogP contribution in [0.5, 0.6) is 0 Å². The fraction of sp³-hybridized carbons (Fsp3) is 0. The molecular formula is H2FK3O2. The van der Waals surface area contributed by atoms with Crippen LogP contribution in [0.15, 0.2) is 0 Å². The van der Waals surface area contributed by atoms with E-state index in [-0.39, 0.29) is 170 Å². The molecule has 0 spiro atoms. The van der Waals surface area contributed by atoms with E-state index in [0.717, 1.165) is 0 Å². The second-order valence-corrected chi connectivity index (χ2v) is 0. The summed E-state index contributed by atoms with van der Waals surface area (Å²) >= 11 is 0. The topological polar surface area (TPSA) is 60.0 Å². The maximum absolute atomic E-state index is 0. The first-order valence-corrected chi connectivity index (χ1v) is 0. The standard InChI is InChI=1S/FH.3K.2H2O/h1H;;;;2*1H2/q;3*+1;;/p-3. The molecule has 0 aliphatic rings. The zero-order valence-corrected chi connectivity index (χ0v) is 13.6. The minimum atomic E-state index is 0. The van der Waals surface area contributed by atoms with Gasteiger partial charge in [0.25, 0.3) is 0 Å². The molecule has 2 N–H and O–H groups in total. The summed E-state index contributed by atoms with van der Waals surface area (Å²) in [4.78, 5) is 0. The molecule has 6 heavy (non-hydrogen) atoms. The van der Waals surface area contributed by atoms with Crippen molar-refractivity contribution in [1.82, 2.24) is 0 Å². The van der Waals surface area contributed by atoms with E-state index in [0.29, 0.717) is 0 Å². The van der Waals surface area contributed by atoms with Crippen LogP contribution in [0.4, 0.5) is 0 Å². The Bertz CT molecular complexity index is 8.75. The first-order chi connectivity index (χ1) is 0. The molecule has 0 aromatic heterocycles. The quantitative estimate of drug-likeness (QED) is 0.339. The van der Waals surface area contributed by atoms with E-state index >= 15 is 0 Å². The molecule has 24 valence electrons. The van der Waals surface area contributed by atoms with Crippen molar-refractivity contribution in [2.24, 2.45) is 0 Å². The Morgan fingerprint density at radius 1 is 0.500 bits per heavy atom. The zero-order valence-electron chi connectivity index (χ0n) is 4.27. The minimum Gasteiger partial charge on any atom is -1.00 e. The van der Waals surface area contributed by atoms with Crippen LogP contribution in [0.1, 0.15) is 0 Å². The van der Waals surface area contributed by atoms with Crippen molar-refractivity contribution < 1.29 is 170 Å². The van der Waals surface area contributed by atoms with E-state index in [1.807, 2.05) is 0 Å². The third-order valence-electron chi connectivity index (χ3n) is 0. The van der Waals surface area contributed by atoms with Crippen molar-refractivity contribution in [3.05, 3.63) is 0 Å². The van der Waals surface area contributed by atoms with E-state index in [1.54, 1.807) is 0 Å². The van der Waals surface area contributed by atoms with Crippen LogP contribution in [-0.2, 0) is 0 Å². The molecule has 0 fully saturated rings. The van der Waals surface area contributed by atoms with Crippen molar-refractivity contribution in [2.45, 2.75) is 0 Å². The van der Waals surface area contributed by atoms with Crippen LogP contribution in [0, 0.1) is 0 Å². The Balaban J connectivity index is 0. The Morgan fingerprint density at radius 2 is 0.500 bits per heavy atom. The third-order valence-corrected chi connectivity index (χ3v) is 0. The van der Waals surface area contributed by atoms with Gasteiger partial charge >= 0.3 is 154 Å². The summed E-state index contributed by atoms with van der Waals surface area (Å²) in [7, 11) is 0. The van der Waals surface area contributed by atoms with Crippen molar-refractivity contribution in [3.8, 4) is 0 Å². The van der Waals surface area contributed by atoms with Gasteiger partial charge in [-0.2, -0.15) is 0 Å². The molecule has 0 radical (unpaired) electrons. The van der Waals surface area contributed by atoms with Crippen LogP contribution in [0.3, 0.4) is 0 Å². The van der Waals surface area contributed by atoms with Gasteiger partial charge in [-0.25, -0.2) is 0 Å². The first-order valence-electron chi connectivity index (χ1n) is 0. The molecule has 0 rings (SSSR count). The number of hydrogen-bond acceptors (Lipinski definition) is 2. The maximum atomic E-state index is 0. The van der Waals surface area contributed by atoms with Gasteiger partial charge in [-0.05, 0) is 0 Å². The largest absolute Gasteiger partial charge is 1.00 e.